The molecule has 6 nitrogen and oxygen atoms in total. The van der Waals surface area contributed by atoms with Gasteiger partial charge in [0.05, 0.1) is 31.9 Å². The molecule has 0 aliphatic rings. The van der Waals surface area contributed by atoms with E-state index in [1.54, 1.807) is 6.92 Å². The van der Waals surface area contributed by atoms with Crippen LogP contribution in [0.3, 0.4) is 0 Å². The number of halogens is 3. The summed E-state index contributed by atoms with van der Waals surface area (Å²) in [4.78, 5) is 23.8. The fourth-order valence-corrected chi connectivity index (χ4v) is 2.79. The molecule has 0 aliphatic carbocycles. The summed E-state index contributed by atoms with van der Waals surface area (Å²) >= 11 is 0. The maximum absolute atomic E-state index is 13.4. The highest BCUT2D eigenvalue weighted by Gasteiger charge is 2.34. The molecule has 0 radical (unpaired) electrons. The van der Waals surface area contributed by atoms with Gasteiger partial charge in [0.15, 0.2) is 11.5 Å². The van der Waals surface area contributed by atoms with Crippen LogP contribution in [0.4, 0.5) is 13.2 Å². The number of esters is 1. The van der Waals surface area contributed by atoms with Gasteiger partial charge in [-0.2, -0.15) is 13.2 Å². The number of nitrogens with zero attached hydrogens (tertiary/aromatic N) is 1. The van der Waals surface area contributed by atoms with E-state index in [-0.39, 0.29) is 48.4 Å². The van der Waals surface area contributed by atoms with Crippen LogP contribution in [0.1, 0.15) is 25.3 Å². The van der Waals surface area contributed by atoms with Crippen molar-refractivity contribution in [1.82, 2.24) is 4.57 Å². The molecule has 148 valence electrons. The number of carbonyl (C=O) groups excluding carboxylic acids is 1. The summed E-state index contributed by atoms with van der Waals surface area (Å²) in [5.41, 5.74) is -1.81. The number of benzene rings is 1. The van der Waals surface area contributed by atoms with E-state index in [0.717, 1.165) is 0 Å². The molecule has 0 atom stereocenters. The van der Waals surface area contributed by atoms with Crippen LogP contribution < -0.4 is 15.0 Å². The number of aryl methyl sites for hydroxylation is 1. The van der Waals surface area contributed by atoms with Crippen LogP contribution in [0.15, 0.2) is 23.0 Å². The van der Waals surface area contributed by atoms with Crippen LogP contribution in [-0.4, -0.2) is 31.4 Å². The molecular formula is C18H20F3NO5. The predicted octanol–water partition coefficient (Wildman–Crippen LogP) is 3.38. The number of aromatic nitrogens is 1. The van der Waals surface area contributed by atoms with E-state index in [2.05, 4.69) is 0 Å². The van der Waals surface area contributed by atoms with Crippen molar-refractivity contribution in [2.45, 2.75) is 32.5 Å². The van der Waals surface area contributed by atoms with E-state index in [4.69, 9.17) is 14.2 Å². The molecule has 0 N–H and O–H groups in total. The van der Waals surface area contributed by atoms with Crippen LogP contribution in [0, 0.1) is 0 Å². The standard InChI is InChI=1S/C18H20F3NO5/c1-4-27-17(24)6-5-7-22-13-10-15(26-3)14(25-2)8-11(13)12(9-16(22)23)18(19,20)21/h8-10H,4-7H2,1-3H3. The Bertz CT molecular complexity index is 889. The van der Waals surface area contributed by atoms with Gasteiger partial charge in [0.1, 0.15) is 0 Å². The Labute approximate surface area is 153 Å². The van der Waals surface area contributed by atoms with Gasteiger partial charge in [-0.15, -0.1) is 0 Å². The predicted molar refractivity (Wildman–Crippen MR) is 92.2 cm³/mol. The number of carbonyl (C=O) groups is 1. The summed E-state index contributed by atoms with van der Waals surface area (Å²) in [6.07, 6.45) is -4.41. The van der Waals surface area contributed by atoms with Crippen molar-refractivity contribution in [3.8, 4) is 11.5 Å². The zero-order chi connectivity index (χ0) is 20.2. The quantitative estimate of drug-likeness (QED) is 0.682. The zero-order valence-electron chi connectivity index (χ0n) is 15.2. The van der Waals surface area contributed by atoms with Crippen molar-refractivity contribution in [3.63, 3.8) is 0 Å². The van der Waals surface area contributed by atoms with Gasteiger partial charge in [-0.1, -0.05) is 0 Å². The van der Waals surface area contributed by atoms with Gasteiger partial charge in [0.2, 0.25) is 0 Å². The molecule has 0 amide bonds. The van der Waals surface area contributed by atoms with Crippen molar-refractivity contribution < 1.29 is 32.2 Å². The number of ether oxygens (including phenoxy) is 3. The second-order valence-corrected chi connectivity index (χ2v) is 5.68. The van der Waals surface area contributed by atoms with Crippen LogP contribution in [0.5, 0.6) is 11.5 Å². The maximum Gasteiger partial charge on any atom is 0.417 e. The topological polar surface area (TPSA) is 66.8 Å². The minimum Gasteiger partial charge on any atom is -0.493 e. The lowest BCUT2D eigenvalue weighted by molar-refractivity contribution is -0.143. The Morgan fingerprint density at radius 3 is 2.30 bits per heavy atom. The Morgan fingerprint density at radius 1 is 1.11 bits per heavy atom. The van der Waals surface area contributed by atoms with Crippen LogP contribution in [0.2, 0.25) is 0 Å². The summed E-state index contributed by atoms with van der Waals surface area (Å²) in [6.45, 7) is 1.96. The summed E-state index contributed by atoms with van der Waals surface area (Å²) in [7, 11) is 2.66. The number of fused-ring (bicyclic) bond motifs is 1. The molecule has 0 fully saturated rings. The molecule has 1 aromatic heterocycles. The minimum atomic E-state index is -4.71. The SMILES string of the molecule is CCOC(=O)CCCn1c(=O)cc(C(F)(F)F)c2cc(OC)c(OC)cc21. The third kappa shape index (κ3) is 4.53. The Kier molecular flexibility index (Phi) is 6.35. The number of pyridine rings is 1. The summed E-state index contributed by atoms with van der Waals surface area (Å²) in [5, 5.41) is -0.184. The molecule has 0 unspecified atom stereocenters. The van der Waals surface area contributed by atoms with Gasteiger partial charge in [0.25, 0.3) is 5.56 Å². The molecule has 2 aromatic rings. The molecule has 27 heavy (non-hydrogen) atoms. The zero-order valence-corrected chi connectivity index (χ0v) is 15.2. The van der Waals surface area contributed by atoms with Crippen molar-refractivity contribution in [3.05, 3.63) is 34.1 Å². The first-order valence-electron chi connectivity index (χ1n) is 8.25. The normalized spacial score (nSPS) is 11.5. The fraction of sp³-hybridized carbons (Fsp3) is 0.444. The number of hydrogen-bond acceptors (Lipinski definition) is 5. The van der Waals surface area contributed by atoms with Gasteiger partial charge >= 0.3 is 12.1 Å². The monoisotopic (exact) mass is 387 g/mol. The first kappa shape index (κ1) is 20.6. The molecule has 9 heteroatoms. The highest BCUT2D eigenvalue weighted by atomic mass is 19.4. The molecule has 1 aromatic carbocycles. The lowest BCUT2D eigenvalue weighted by atomic mass is 10.1. The van der Waals surface area contributed by atoms with Crippen molar-refractivity contribution >= 4 is 16.9 Å². The van der Waals surface area contributed by atoms with E-state index in [0.29, 0.717) is 6.07 Å². The van der Waals surface area contributed by atoms with E-state index in [9.17, 15) is 22.8 Å². The minimum absolute atomic E-state index is 0.0517. The lowest BCUT2D eigenvalue weighted by Gasteiger charge is -2.17. The summed E-state index contributed by atoms with van der Waals surface area (Å²) in [6, 6.07) is 3.08. The number of methoxy groups -OCH3 is 2. The van der Waals surface area contributed by atoms with Crippen molar-refractivity contribution in [2.75, 3.05) is 20.8 Å². The third-order valence-corrected chi connectivity index (χ3v) is 3.99. The number of hydrogen-bond donors (Lipinski definition) is 0. The van der Waals surface area contributed by atoms with Gasteiger partial charge in [0, 0.05) is 30.5 Å². The highest BCUT2D eigenvalue weighted by molar-refractivity contribution is 5.86. The molecule has 0 saturated carbocycles. The average Bonchev–Trinajstić information content (AvgIpc) is 2.61. The smallest absolute Gasteiger partial charge is 0.417 e. The Morgan fingerprint density at radius 2 is 1.74 bits per heavy atom. The second kappa shape index (κ2) is 8.32. The fourth-order valence-electron chi connectivity index (χ4n) is 2.79. The maximum atomic E-state index is 13.4. The van der Waals surface area contributed by atoms with Crippen LogP contribution in [0.25, 0.3) is 10.9 Å². The first-order chi connectivity index (χ1) is 12.7. The Balaban J connectivity index is 2.58. The molecule has 0 spiro atoms. The average molecular weight is 387 g/mol. The van der Waals surface area contributed by atoms with Crippen molar-refractivity contribution in [1.29, 1.82) is 0 Å². The third-order valence-electron chi connectivity index (χ3n) is 3.99. The summed E-state index contributed by atoms with van der Waals surface area (Å²) < 4.78 is 56.5. The largest absolute Gasteiger partial charge is 0.493 e. The van der Waals surface area contributed by atoms with Gasteiger partial charge in [-0.25, -0.2) is 0 Å². The van der Waals surface area contributed by atoms with E-state index < -0.39 is 23.3 Å². The molecule has 2 rings (SSSR count). The highest BCUT2D eigenvalue weighted by Crippen LogP contribution is 2.38. The first-order valence-corrected chi connectivity index (χ1v) is 8.25. The molecule has 0 saturated heterocycles. The van der Waals surface area contributed by atoms with E-state index in [1.807, 2.05) is 0 Å². The van der Waals surface area contributed by atoms with Gasteiger partial charge in [-0.3, -0.25) is 9.59 Å². The molecule has 0 bridgehead atoms. The van der Waals surface area contributed by atoms with E-state index in [1.165, 1.54) is 30.9 Å². The number of rotatable bonds is 7. The van der Waals surface area contributed by atoms with Crippen LogP contribution >= 0.6 is 0 Å². The number of alkyl halides is 3. The Hall–Kier alpha value is -2.71. The molecule has 0 aliphatic heterocycles. The van der Waals surface area contributed by atoms with E-state index >= 15 is 0 Å². The lowest BCUT2D eigenvalue weighted by Crippen LogP contribution is -2.24. The molecule has 1 heterocycles. The summed E-state index contributed by atoms with van der Waals surface area (Å²) in [5.74, 6) is -0.115. The van der Waals surface area contributed by atoms with Crippen LogP contribution in [-0.2, 0) is 22.3 Å². The van der Waals surface area contributed by atoms with Gasteiger partial charge < -0.3 is 18.8 Å². The second-order valence-electron chi connectivity index (χ2n) is 5.68. The molecular weight excluding hydrogens is 367 g/mol. The van der Waals surface area contributed by atoms with Crippen molar-refractivity contribution in [2.24, 2.45) is 0 Å². The van der Waals surface area contributed by atoms with Gasteiger partial charge in [-0.05, 0) is 19.4 Å².